The molecule has 1 aromatic carbocycles. The molecule has 1 amide bonds. The van der Waals surface area contributed by atoms with Crippen molar-refractivity contribution in [1.29, 1.82) is 0 Å². The van der Waals surface area contributed by atoms with Crippen LogP contribution in [-0.4, -0.2) is 37.5 Å². The van der Waals surface area contributed by atoms with E-state index in [1.807, 2.05) is 0 Å². The van der Waals surface area contributed by atoms with E-state index in [0.717, 1.165) is 0 Å². The standard InChI is InChI=1S/C14H18FNO3/c1-10-7-11(9-12(15)8-10)14(18)16(2)6-4-5-13(17)19-3/h7-9H,4-6H2,1-3H3. The quantitative estimate of drug-likeness (QED) is 0.768. The van der Waals surface area contributed by atoms with Crippen molar-refractivity contribution in [3.05, 3.63) is 35.1 Å². The Morgan fingerprint density at radius 3 is 2.58 bits per heavy atom. The molecule has 1 rings (SSSR count). The monoisotopic (exact) mass is 267 g/mol. The van der Waals surface area contributed by atoms with Gasteiger partial charge in [0, 0.05) is 25.6 Å². The maximum absolute atomic E-state index is 13.2. The van der Waals surface area contributed by atoms with Gasteiger partial charge >= 0.3 is 5.97 Å². The van der Waals surface area contributed by atoms with Crippen LogP contribution in [0.3, 0.4) is 0 Å². The van der Waals surface area contributed by atoms with Gasteiger partial charge in [-0.1, -0.05) is 0 Å². The second-order valence-corrected chi connectivity index (χ2v) is 4.42. The number of carbonyl (C=O) groups excluding carboxylic acids is 2. The average molecular weight is 267 g/mol. The smallest absolute Gasteiger partial charge is 0.305 e. The Labute approximate surface area is 112 Å². The molecule has 0 saturated carbocycles. The summed E-state index contributed by atoms with van der Waals surface area (Å²) in [5.74, 6) is -0.985. The Kier molecular flexibility index (Phi) is 5.48. The van der Waals surface area contributed by atoms with Crippen molar-refractivity contribution in [3.8, 4) is 0 Å². The van der Waals surface area contributed by atoms with Gasteiger partial charge in [0.1, 0.15) is 5.82 Å². The van der Waals surface area contributed by atoms with Gasteiger partial charge in [-0.25, -0.2) is 4.39 Å². The fourth-order valence-corrected chi connectivity index (χ4v) is 1.74. The molecule has 0 N–H and O–H groups in total. The van der Waals surface area contributed by atoms with Crippen molar-refractivity contribution in [2.45, 2.75) is 19.8 Å². The number of rotatable bonds is 5. The summed E-state index contributed by atoms with van der Waals surface area (Å²) in [5, 5.41) is 0. The van der Waals surface area contributed by atoms with Crippen LogP contribution < -0.4 is 0 Å². The van der Waals surface area contributed by atoms with Crippen molar-refractivity contribution < 1.29 is 18.7 Å². The molecule has 0 unspecified atom stereocenters. The largest absolute Gasteiger partial charge is 0.469 e. The van der Waals surface area contributed by atoms with Gasteiger partial charge in [-0.3, -0.25) is 9.59 Å². The number of esters is 1. The molecule has 0 heterocycles. The number of methoxy groups -OCH3 is 1. The van der Waals surface area contributed by atoms with Crippen LogP contribution in [0.15, 0.2) is 18.2 Å². The molecule has 0 atom stereocenters. The Balaban J connectivity index is 2.59. The van der Waals surface area contributed by atoms with Gasteiger partial charge in [-0.2, -0.15) is 0 Å². The first kappa shape index (κ1) is 15.1. The highest BCUT2D eigenvalue weighted by atomic mass is 19.1. The lowest BCUT2D eigenvalue weighted by molar-refractivity contribution is -0.140. The average Bonchev–Trinajstić information content (AvgIpc) is 2.36. The number of ether oxygens (including phenoxy) is 1. The zero-order chi connectivity index (χ0) is 14.4. The van der Waals surface area contributed by atoms with Gasteiger partial charge in [0.25, 0.3) is 5.91 Å². The lowest BCUT2D eigenvalue weighted by Gasteiger charge is -2.17. The fourth-order valence-electron chi connectivity index (χ4n) is 1.74. The van der Waals surface area contributed by atoms with Crippen molar-refractivity contribution in [1.82, 2.24) is 4.90 Å². The molecule has 104 valence electrons. The van der Waals surface area contributed by atoms with E-state index >= 15 is 0 Å². The van der Waals surface area contributed by atoms with E-state index in [9.17, 15) is 14.0 Å². The van der Waals surface area contributed by atoms with Crippen LogP contribution in [0.25, 0.3) is 0 Å². The highest BCUT2D eigenvalue weighted by Crippen LogP contribution is 2.11. The topological polar surface area (TPSA) is 46.6 Å². The minimum Gasteiger partial charge on any atom is -0.469 e. The molecule has 4 nitrogen and oxygen atoms in total. The summed E-state index contributed by atoms with van der Waals surface area (Å²) >= 11 is 0. The molecule has 0 aliphatic heterocycles. The summed E-state index contributed by atoms with van der Waals surface area (Å²) in [7, 11) is 2.95. The molecule has 19 heavy (non-hydrogen) atoms. The van der Waals surface area contributed by atoms with Gasteiger partial charge in [0.15, 0.2) is 0 Å². The van der Waals surface area contributed by atoms with Crippen LogP contribution in [0, 0.1) is 12.7 Å². The number of nitrogens with zero attached hydrogens (tertiary/aromatic N) is 1. The van der Waals surface area contributed by atoms with Crippen molar-refractivity contribution >= 4 is 11.9 Å². The van der Waals surface area contributed by atoms with E-state index in [0.29, 0.717) is 24.1 Å². The van der Waals surface area contributed by atoms with Crippen LogP contribution in [0.5, 0.6) is 0 Å². The van der Waals surface area contributed by atoms with Crippen LogP contribution in [0.1, 0.15) is 28.8 Å². The SMILES string of the molecule is COC(=O)CCCN(C)C(=O)c1cc(C)cc(F)c1. The summed E-state index contributed by atoms with van der Waals surface area (Å²) in [5.41, 5.74) is 1.02. The molecule has 0 aliphatic rings. The van der Waals surface area contributed by atoms with Gasteiger partial charge < -0.3 is 9.64 Å². The number of hydrogen-bond acceptors (Lipinski definition) is 3. The zero-order valence-electron chi connectivity index (χ0n) is 11.4. The van der Waals surface area contributed by atoms with Gasteiger partial charge in [0.05, 0.1) is 7.11 Å². The number of hydrogen-bond donors (Lipinski definition) is 0. The molecule has 0 aromatic heterocycles. The van der Waals surface area contributed by atoms with Crippen molar-refractivity contribution in [3.63, 3.8) is 0 Å². The number of aryl methyl sites for hydroxylation is 1. The number of amides is 1. The predicted octanol–water partition coefficient (Wildman–Crippen LogP) is 2.16. The molecule has 5 heteroatoms. The highest BCUT2D eigenvalue weighted by molar-refractivity contribution is 5.94. The second kappa shape index (κ2) is 6.87. The summed E-state index contributed by atoms with van der Waals surface area (Å²) in [4.78, 5) is 24.5. The Morgan fingerprint density at radius 2 is 2.00 bits per heavy atom. The molecule has 0 fully saturated rings. The Hall–Kier alpha value is -1.91. The maximum Gasteiger partial charge on any atom is 0.305 e. The van der Waals surface area contributed by atoms with Crippen LogP contribution >= 0.6 is 0 Å². The van der Waals surface area contributed by atoms with E-state index in [2.05, 4.69) is 4.74 Å². The van der Waals surface area contributed by atoms with E-state index in [1.165, 1.54) is 24.1 Å². The Morgan fingerprint density at radius 1 is 1.32 bits per heavy atom. The van der Waals surface area contributed by atoms with Gasteiger partial charge in [0.2, 0.25) is 0 Å². The zero-order valence-corrected chi connectivity index (χ0v) is 11.4. The summed E-state index contributed by atoms with van der Waals surface area (Å²) in [6.45, 7) is 2.15. The first-order valence-corrected chi connectivity index (χ1v) is 6.03. The number of carbonyl (C=O) groups is 2. The number of benzene rings is 1. The minimum atomic E-state index is -0.425. The first-order valence-electron chi connectivity index (χ1n) is 6.03. The molecule has 1 aromatic rings. The normalized spacial score (nSPS) is 10.1. The maximum atomic E-state index is 13.2. The van der Waals surface area contributed by atoms with Crippen LogP contribution in [0.4, 0.5) is 4.39 Å². The first-order chi connectivity index (χ1) is 8.93. The highest BCUT2D eigenvalue weighted by Gasteiger charge is 2.13. The molecule has 0 spiro atoms. The van der Waals surface area contributed by atoms with E-state index in [-0.39, 0.29) is 18.3 Å². The van der Waals surface area contributed by atoms with E-state index in [1.54, 1.807) is 20.0 Å². The van der Waals surface area contributed by atoms with E-state index < -0.39 is 5.82 Å². The third kappa shape index (κ3) is 4.69. The molecular formula is C14H18FNO3. The van der Waals surface area contributed by atoms with Crippen molar-refractivity contribution in [2.75, 3.05) is 20.7 Å². The fraction of sp³-hybridized carbons (Fsp3) is 0.429. The second-order valence-electron chi connectivity index (χ2n) is 4.42. The van der Waals surface area contributed by atoms with E-state index in [4.69, 9.17) is 0 Å². The third-order valence-electron chi connectivity index (χ3n) is 2.74. The third-order valence-corrected chi connectivity index (χ3v) is 2.74. The van der Waals surface area contributed by atoms with Gasteiger partial charge in [-0.05, 0) is 37.1 Å². The molecule has 0 radical (unpaired) electrons. The molecule has 0 saturated heterocycles. The Bertz CT molecular complexity index is 454. The molecule has 0 aliphatic carbocycles. The van der Waals surface area contributed by atoms with Crippen LogP contribution in [-0.2, 0) is 9.53 Å². The summed E-state index contributed by atoms with van der Waals surface area (Å²) in [6, 6.07) is 4.22. The minimum absolute atomic E-state index is 0.257. The molecular weight excluding hydrogens is 249 g/mol. The van der Waals surface area contributed by atoms with Gasteiger partial charge in [-0.15, -0.1) is 0 Å². The molecule has 0 bridgehead atoms. The summed E-state index contributed by atoms with van der Waals surface area (Å²) < 4.78 is 17.7. The summed E-state index contributed by atoms with van der Waals surface area (Å²) in [6.07, 6.45) is 0.777. The van der Waals surface area contributed by atoms with Crippen LogP contribution in [0.2, 0.25) is 0 Å². The van der Waals surface area contributed by atoms with Crippen molar-refractivity contribution in [2.24, 2.45) is 0 Å². The lowest BCUT2D eigenvalue weighted by atomic mass is 10.1. The predicted molar refractivity (Wildman–Crippen MR) is 69.3 cm³/mol. The number of halogens is 1. The lowest BCUT2D eigenvalue weighted by Crippen LogP contribution is -2.28.